The standard InChI is InChI=1S/C25H24ClFO2/c1-2-13-3-8-16(17-9-10-19(26)20(27)12-17)11-18(13)23-24(28)21-14-4-5-15(7-6-14)22(21)25(23)29/h3,8-12,14-15,21-22,28H,2,4-7H2,1H3/t14-,15+,21-,22+/m0/s1. The van der Waals surface area contributed by atoms with E-state index in [1.165, 1.54) is 6.07 Å². The van der Waals surface area contributed by atoms with Crippen molar-refractivity contribution in [2.24, 2.45) is 23.7 Å². The molecule has 4 heteroatoms. The average molecular weight is 411 g/mol. The summed E-state index contributed by atoms with van der Waals surface area (Å²) in [5.41, 5.74) is 3.87. The minimum absolute atomic E-state index is 0.00802. The molecule has 0 aliphatic heterocycles. The molecule has 2 aromatic rings. The van der Waals surface area contributed by atoms with Crippen LogP contribution >= 0.6 is 11.6 Å². The van der Waals surface area contributed by atoms with Gasteiger partial charge in [0, 0.05) is 11.8 Å². The molecule has 0 spiro atoms. The summed E-state index contributed by atoms with van der Waals surface area (Å²) in [5.74, 6) is 0.692. The third-order valence-corrected chi connectivity index (χ3v) is 7.66. The maximum absolute atomic E-state index is 14.0. The van der Waals surface area contributed by atoms with Crippen molar-refractivity contribution in [3.63, 3.8) is 0 Å². The fourth-order valence-corrected chi connectivity index (χ4v) is 6.04. The Bertz CT molecular complexity index is 1030. The number of Topliss-reactive ketones (excluding diaryl/α,β-unsaturated/α-hetero) is 1. The van der Waals surface area contributed by atoms with Gasteiger partial charge in [0.15, 0.2) is 5.78 Å². The molecule has 2 bridgehead atoms. The molecule has 3 saturated carbocycles. The zero-order valence-electron chi connectivity index (χ0n) is 16.4. The van der Waals surface area contributed by atoms with Crippen molar-refractivity contribution < 1.29 is 14.3 Å². The number of aryl methyl sites for hydroxylation is 1. The number of fused-ring (bicyclic) bond motifs is 2. The average Bonchev–Trinajstić information content (AvgIpc) is 3.03. The number of hydrogen-bond donors (Lipinski definition) is 1. The first kappa shape index (κ1) is 18.9. The van der Waals surface area contributed by atoms with E-state index >= 15 is 0 Å². The van der Waals surface area contributed by atoms with Crippen molar-refractivity contribution in [1.82, 2.24) is 0 Å². The first-order valence-corrected chi connectivity index (χ1v) is 10.9. The fourth-order valence-electron chi connectivity index (χ4n) is 5.92. The maximum Gasteiger partial charge on any atom is 0.170 e. The normalized spacial score (nSPS) is 28.2. The van der Waals surface area contributed by atoms with E-state index in [2.05, 4.69) is 0 Å². The Morgan fingerprint density at radius 1 is 1.00 bits per heavy atom. The predicted molar refractivity (Wildman–Crippen MR) is 113 cm³/mol. The van der Waals surface area contributed by atoms with E-state index in [1.807, 2.05) is 25.1 Å². The van der Waals surface area contributed by atoms with Crippen LogP contribution in [0.4, 0.5) is 4.39 Å². The first-order chi connectivity index (χ1) is 14.0. The van der Waals surface area contributed by atoms with Crippen LogP contribution in [0.3, 0.4) is 0 Å². The largest absolute Gasteiger partial charge is 0.511 e. The van der Waals surface area contributed by atoms with Crippen LogP contribution in [-0.4, -0.2) is 10.9 Å². The zero-order chi connectivity index (χ0) is 20.3. The number of aliphatic hydroxyl groups is 1. The second-order valence-electron chi connectivity index (χ2n) is 8.71. The number of hydrogen-bond acceptors (Lipinski definition) is 2. The molecule has 3 fully saturated rings. The molecule has 150 valence electrons. The summed E-state index contributed by atoms with van der Waals surface area (Å²) < 4.78 is 14.0. The number of carbonyl (C=O) groups excluding carboxylic acids is 1. The summed E-state index contributed by atoms with van der Waals surface area (Å²) in [6.45, 7) is 2.05. The number of rotatable bonds is 3. The Hall–Kier alpha value is -2.13. The van der Waals surface area contributed by atoms with Gasteiger partial charge in [0.25, 0.3) is 0 Å². The molecule has 2 nitrogen and oxygen atoms in total. The first-order valence-electron chi connectivity index (χ1n) is 10.6. The Balaban J connectivity index is 1.63. The highest BCUT2D eigenvalue weighted by molar-refractivity contribution is 6.30. The lowest BCUT2D eigenvalue weighted by atomic mass is 9.59. The van der Waals surface area contributed by atoms with Crippen molar-refractivity contribution in [2.45, 2.75) is 39.0 Å². The molecule has 0 radical (unpaired) electrons. The van der Waals surface area contributed by atoms with Crippen molar-refractivity contribution >= 4 is 23.0 Å². The zero-order valence-corrected chi connectivity index (χ0v) is 17.2. The lowest BCUT2D eigenvalue weighted by Gasteiger charge is -2.44. The van der Waals surface area contributed by atoms with Gasteiger partial charge in [-0.1, -0.05) is 36.7 Å². The van der Waals surface area contributed by atoms with E-state index in [9.17, 15) is 14.3 Å². The van der Waals surface area contributed by atoms with Gasteiger partial charge in [-0.15, -0.1) is 0 Å². The highest BCUT2D eigenvalue weighted by Crippen LogP contribution is 2.57. The van der Waals surface area contributed by atoms with Gasteiger partial charge in [-0.3, -0.25) is 4.79 Å². The van der Waals surface area contributed by atoms with Crippen molar-refractivity contribution in [3.8, 4) is 11.1 Å². The monoisotopic (exact) mass is 410 g/mol. The van der Waals surface area contributed by atoms with Gasteiger partial charge in [-0.25, -0.2) is 4.39 Å². The number of ketones is 1. The third-order valence-electron chi connectivity index (χ3n) is 7.35. The second kappa shape index (κ2) is 6.98. The van der Waals surface area contributed by atoms with E-state index < -0.39 is 5.82 Å². The Kier molecular flexibility index (Phi) is 4.54. The van der Waals surface area contributed by atoms with E-state index in [0.717, 1.165) is 48.8 Å². The molecule has 1 N–H and O–H groups in total. The molecule has 0 unspecified atom stereocenters. The highest BCUT2D eigenvalue weighted by Gasteiger charge is 2.54. The van der Waals surface area contributed by atoms with Gasteiger partial charge in [0.05, 0.1) is 10.6 Å². The van der Waals surface area contributed by atoms with Crippen molar-refractivity contribution in [3.05, 3.63) is 64.1 Å². The highest BCUT2D eigenvalue weighted by atomic mass is 35.5. The maximum atomic E-state index is 14.0. The Morgan fingerprint density at radius 2 is 1.62 bits per heavy atom. The van der Waals surface area contributed by atoms with E-state index in [0.29, 0.717) is 28.7 Å². The summed E-state index contributed by atoms with van der Waals surface area (Å²) in [5, 5.41) is 11.3. The smallest absolute Gasteiger partial charge is 0.170 e. The molecule has 0 saturated heterocycles. The number of allylic oxidation sites excluding steroid dienone is 2. The van der Waals surface area contributed by atoms with Gasteiger partial charge in [-0.2, -0.15) is 0 Å². The molecular weight excluding hydrogens is 387 g/mol. The number of carbonyl (C=O) groups is 1. The lowest BCUT2D eigenvalue weighted by molar-refractivity contribution is -0.123. The van der Waals surface area contributed by atoms with Crippen LogP contribution in [-0.2, 0) is 11.2 Å². The van der Waals surface area contributed by atoms with Gasteiger partial charge in [0.1, 0.15) is 11.6 Å². The molecule has 4 aliphatic rings. The van der Waals surface area contributed by atoms with E-state index in [4.69, 9.17) is 11.6 Å². The lowest BCUT2D eigenvalue weighted by Crippen LogP contribution is -2.41. The molecule has 6 rings (SSSR count). The molecule has 2 atom stereocenters. The van der Waals surface area contributed by atoms with E-state index in [-0.39, 0.29) is 22.6 Å². The summed E-state index contributed by atoms with van der Waals surface area (Å²) in [7, 11) is 0. The molecule has 0 amide bonds. The predicted octanol–water partition coefficient (Wildman–Crippen LogP) is 6.61. The van der Waals surface area contributed by atoms with Gasteiger partial charge < -0.3 is 5.11 Å². The number of aliphatic hydroxyl groups excluding tert-OH is 1. The van der Waals surface area contributed by atoms with Crippen LogP contribution in [0.2, 0.25) is 5.02 Å². The van der Waals surface area contributed by atoms with E-state index in [1.54, 1.807) is 12.1 Å². The summed E-state index contributed by atoms with van der Waals surface area (Å²) in [6, 6.07) is 10.6. The SMILES string of the molecule is CCc1ccc(-c2ccc(Cl)c(F)c2)cc1C1=C(O)[C@H]2[C@H]3CC[C@H](CC3)[C@H]2C1=O. The molecule has 29 heavy (non-hydrogen) atoms. The summed E-state index contributed by atoms with van der Waals surface area (Å²) in [6.07, 6.45) is 5.19. The molecule has 0 heterocycles. The topological polar surface area (TPSA) is 37.3 Å². The molecule has 2 aromatic carbocycles. The molecular formula is C25H24ClFO2. The van der Waals surface area contributed by atoms with Crippen LogP contribution in [0.1, 0.15) is 43.7 Å². The summed E-state index contributed by atoms with van der Waals surface area (Å²) >= 11 is 5.83. The fraction of sp³-hybridized carbons (Fsp3) is 0.400. The van der Waals surface area contributed by atoms with Crippen LogP contribution in [0.25, 0.3) is 16.7 Å². The van der Waals surface area contributed by atoms with Crippen molar-refractivity contribution in [2.75, 3.05) is 0 Å². The molecule has 4 aliphatic carbocycles. The van der Waals surface area contributed by atoms with Crippen LogP contribution in [0, 0.1) is 29.5 Å². The Labute approximate surface area is 175 Å². The van der Waals surface area contributed by atoms with Crippen molar-refractivity contribution in [1.29, 1.82) is 0 Å². The minimum Gasteiger partial charge on any atom is -0.511 e. The second-order valence-corrected chi connectivity index (χ2v) is 9.11. The van der Waals surface area contributed by atoms with Crippen LogP contribution in [0.15, 0.2) is 42.2 Å². The molecule has 0 aromatic heterocycles. The number of benzene rings is 2. The number of halogens is 2. The van der Waals surface area contributed by atoms with Crippen LogP contribution < -0.4 is 0 Å². The quantitative estimate of drug-likeness (QED) is 0.617. The van der Waals surface area contributed by atoms with Gasteiger partial charge >= 0.3 is 0 Å². The van der Waals surface area contributed by atoms with Crippen LogP contribution in [0.5, 0.6) is 0 Å². The Morgan fingerprint density at radius 3 is 2.24 bits per heavy atom. The van der Waals surface area contributed by atoms with Gasteiger partial charge in [0.2, 0.25) is 0 Å². The third kappa shape index (κ3) is 2.85. The minimum atomic E-state index is -0.466. The summed E-state index contributed by atoms with van der Waals surface area (Å²) in [4.78, 5) is 13.5. The van der Waals surface area contributed by atoms with Gasteiger partial charge in [-0.05, 0) is 84.4 Å².